The van der Waals surface area contributed by atoms with Gasteiger partial charge in [-0.05, 0) is 46.1 Å². The molecule has 1 aliphatic heterocycles. The van der Waals surface area contributed by atoms with Crippen LogP contribution in [0.15, 0.2) is 29.4 Å². The van der Waals surface area contributed by atoms with Crippen LogP contribution in [0.4, 0.5) is 0 Å². The van der Waals surface area contributed by atoms with Crippen LogP contribution >= 0.6 is 0 Å². The maximum Gasteiger partial charge on any atom is 0.254 e. The van der Waals surface area contributed by atoms with Crippen LogP contribution in [-0.2, 0) is 13.0 Å². The molecule has 1 aliphatic rings. The normalized spacial score (nSPS) is 13.8. The highest BCUT2D eigenvalue weighted by Crippen LogP contribution is 2.39. The Kier molecular flexibility index (Phi) is 6.86. The van der Waals surface area contributed by atoms with Crippen molar-refractivity contribution >= 4 is 5.91 Å². The molecular weight excluding hydrogens is 330 g/mol. The number of phenolic OH excluding ortho intramolecular Hbond substituents is 1. The van der Waals surface area contributed by atoms with Gasteiger partial charge in [-0.25, -0.2) is 0 Å². The Bertz CT molecular complexity index is 730. The zero-order valence-electron chi connectivity index (χ0n) is 16.1. The number of benzene rings is 1. The lowest BCUT2D eigenvalue weighted by atomic mass is 9.99. The van der Waals surface area contributed by atoms with Crippen LogP contribution in [-0.4, -0.2) is 41.3 Å². The number of phenols is 1. The van der Waals surface area contributed by atoms with Crippen LogP contribution in [0, 0.1) is 0 Å². The molecule has 2 N–H and O–H groups in total. The third-order valence-corrected chi connectivity index (χ3v) is 4.67. The van der Waals surface area contributed by atoms with Crippen molar-refractivity contribution in [3.8, 4) is 11.5 Å². The van der Waals surface area contributed by atoms with Crippen molar-refractivity contribution in [1.82, 2.24) is 4.90 Å². The van der Waals surface area contributed by atoms with Gasteiger partial charge in [-0.15, -0.1) is 0 Å². The number of hydrogen-bond donors (Lipinski definition) is 2. The van der Waals surface area contributed by atoms with Gasteiger partial charge in [-0.3, -0.25) is 4.79 Å². The van der Waals surface area contributed by atoms with Crippen LogP contribution in [0.25, 0.3) is 0 Å². The summed E-state index contributed by atoms with van der Waals surface area (Å²) in [4.78, 5) is 13.9. The van der Waals surface area contributed by atoms with Gasteiger partial charge in [0.05, 0.1) is 25.8 Å². The number of aromatic hydroxyl groups is 1. The minimum absolute atomic E-state index is 0.0991. The Morgan fingerprint density at radius 1 is 1.31 bits per heavy atom. The average Bonchev–Trinajstić information content (AvgIpc) is 2.90. The molecule has 0 saturated heterocycles. The van der Waals surface area contributed by atoms with Crippen molar-refractivity contribution in [3.63, 3.8) is 0 Å². The molecule has 0 saturated carbocycles. The van der Waals surface area contributed by atoms with E-state index in [-0.39, 0.29) is 24.8 Å². The van der Waals surface area contributed by atoms with Crippen molar-refractivity contribution in [2.75, 3.05) is 20.3 Å². The first-order valence-electron chi connectivity index (χ1n) is 8.99. The van der Waals surface area contributed by atoms with Crippen molar-refractivity contribution in [2.24, 2.45) is 0 Å². The number of β-amino-alcohol motifs (C(OH)–C–C–N with tert-alkyl or cyclic N) is 1. The highest BCUT2D eigenvalue weighted by Gasteiger charge is 2.32. The van der Waals surface area contributed by atoms with E-state index < -0.39 is 0 Å². The highest BCUT2D eigenvalue weighted by atomic mass is 16.5. The first kappa shape index (κ1) is 20.0. The van der Waals surface area contributed by atoms with E-state index in [4.69, 9.17) is 9.84 Å². The van der Waals surface area contributed by atoms with Gasteiger partial charge in [0, 0.05) is 17.7 Å². The van der Waals surface area contributed by atoms with Crippen LogP contribution in [0.3, 0.4) is 0 Å². The SMILES string of the molecule is COc1cc2c(c(O)c1C/C=C(\C)CCC=C(C)C)CN(CCO)C2=O. The molecule has 0 aliphatic carbocycles. The van der Waals surface area contributed by atoms with E-state index in [0.717, 1.165) is 12.8 Å². The second kappa shape index (κ2) is 8.90. The zero-order valence-corrected chi connectivity index (χ0v) is 16.1. The number of ether oxygens (including phenoxy) is 1. The third-order valence-electron chi connectivity index (χ3n) is 4.67. The first-order chi connectivity index (χ1) is 12.4. The number of allylic oxidation sites excluding steroid dienone is 4. The molecule has 26 heavy (non-hydrogen) atoms. The molecule has 1 aromatic rings. The molecular formula is C21H29NO4. The van der Waals surface area contributed by atoms with Crippen LogP contribution in [0.5, 0.6) is 11.5 Å². The largest absolute Gasteiger partial charge is 0.507 e. The summed E-state index contributed by atoms with van der Waals surface area (Å²) >= 11 is 0. The maximum atomic E-state index is 12.4. The summed E-state index contributed by atoms with van der Waals surface area (Å²) < 4.78 is 5.42. The van der Waals surface area contributed by atoms with E-state index >= 15 is 0 Å². The summed E-state index contributed by atoms with van der Waals surface area (Å²) in [6.07, 6.45) is 6.85. The molecule has 0 unspecified atom stereocenters. The molecule has 1 heterocycles. The first-order valence-corrected chi connectivity index (χ1v) is 8.99. The third kappa shape index (κ3) is 4.47. The number of amides is 1. The molecule has 0 atom stereocenters. The molecule has 2 rings (SSSR count). The van der Waals surface area contributed by atoms with Crippen molar-refractivity contribution in [2.45, 2.75) is 46.6 Å². The smallest absolute Gasteiger partial charge is 0.254 e. The predicted octanol–water partition coefficient (Wildman–Crippen LogP) is 3.58. The van der Waals surface area contributed by atoms with E-state index in [0.29, 0.717) is 35.4 Å². The minimum Gasteiger partial charge on any atom is -0.507 e. The lowest BCUT2D eigenvalue weighted by Gasteiger charge is -2.13. The van der Waals surface area contributed by atoms with E-state index in [9.17, 15) is 9.90 Å². The number of methoxy groups -OCH3 is 1. The standard InChI is InChI=1S/C21H29NO4/c1-14(2)6-5-7-15(3)8-9-16-19(26-4)12-17-18(20(16)24)13-22(10-11-23)21(17)25/h6,8,12,23-24H,5,7,9-11,13H2,1-4H3/b15-8+. The second-order valence-corrected chi connectivity index (χ2v) is 6.96. The number of nitrogens with zero attached hydrogens (tertiary/aromatic N) is 1. The van der Waals surface area contributed by atoms with Crippen molar-refractivity contribution in [1.29, 1.82) is 0 Å². The fourth-order valence-corrected chi connectivity index (χ4v) is 3.16. The number of rotatable bonds is 8. The number of hydrogen-bond acceptors (Lipinski definition) is 4. The number of aliphatic hydroxyl groups excluding tert-OH is 1. The molecule has 0 fully saturated rings. The molecule has 142 valence electrons. The van der Waals surface area contributed by atoms with E-state index in [1.54, 1.807) is 13.2 Å². The lowest BCUT2D eigenvalue weighted by Crippen LogP contribution is -2.26. The summed E-state index contributed by atoms with van der Waals surface area (Å²) in [5, 5.41) is 19.8. The van der Waals surface area contributed by atoms with Gasteiger partial charge in [0.15, 0.2) is 0 Å². The van der Waals surface area contributed by atoms with Gasteiger partial charge in [0.1, 0.15) is 11.5 Å². The monoisotopic (exact) mass is 359 g/mol. The van der Waals surface area contributed by atoms with Crippen LogP contribution in [0.1, 0.15) is 55.1 Å². The topological polar surface area (TPSA) is 70.0 Å². The lowest BCUT2D eigenvalue weighted by molar-refractivity contribution is 0.0745. The molecule has 1 amide bonds. The zero-order chi connectivity index (χ0) is 19.3. The number of carbonyl (C=O) groups excluding carboxylic acids is 1. The Morgan fingerprint density at radius 3 is 2.65 bits per heavy atom. The van der Waals surface area contributed by atoms with E-state index in [1.165, 1.54) is 16.0 Å². The number of aliphatic hydroxyl groups is 1. The summed E-state index contributed by atoms with van der Waals surface area (Å²) in [6, 6.07) is 1.70. The second-order valence-electron chi connectivity index (χ2n) is 6.96. The summed E-state index contributed by atoms with van der Waals surface area (Å²) in [6.45, 7) is 6.75. The molecule has 0 aromatic heterocycles. The fraction of sp³-hybridized carbons (Fsp3) is 0.476. The highest BCUT2D eigenvalue weighted by molar-refractivity contribution is 6.00. The summed E-state index contributed by atoms with van der Waals surface area (Å²) in [7, 11) is 1.54. The molecule has 5 heteroatoms. The average molecular weight is 359 g/mol. The molecule has 5 nitrogen and oxygen atoms in total. The summed E-state index contributed by atoms with van der Waals surface area (Å²) in [5.41, 5.74) is 4.34. The minimum atomic E-state index is -0.178. The van der Waals surface area contributed by atoms with Gasteiger partial charge in [-0.1, -0.05) is 23.3 Å². The summed E-state index contributed by atoms with van der Waals surface area (Å²) in [5.74, 6) is 0.470. The molecule has 0 bridgehead atoms. The van der Waals surface area contributed by atoms with Gasteiger partial charge in [0.2, 0.25) is 0 Å². The van der Waals surface area contributed by atoms with Crippen molar-refractivity contribution in [3.05, 3.63) is 46.1 Å². The van der Waals surface area contributed by atoms with E-state index in [2.05, 4.69) is 32.9 Å². The van der Waals surface area contributed by atoms with Gasteiger partial charge < -0.3 is 19.8 Å². The Hall–Kier alpha value is -2.27. The van der Waals surface area contributed by atoms with E-state index in [1.807, 2.05) is 0 Å². The van der Waals surface area contributed by atoms with Crippen LogP contribution < -0.4 is 4.74 Å². The fourth-order valence-electron chi connectivity index (χ4n) is 3.16. The number of carbonyl (C=O) groups is 1. The Balaban J connectivity index is 2.24. The molecule has 0 radical (unpaired) electrons. The van der Waals surface area contributed by atoms with Gasteiger partial charge in [-0.2, -0.15) is 0 Å². The Labute approximate surface area is 155 Å². The number of fused-ring (bicyclic) bond motifs is 1. The van der Waals surface area contributed by atoms with Gasteiger partial charge >= 0.3 is 0 Å². The van der Waals surface area contributed by atoms with Crippen molar-refractivity contribution < 1.29 is 19.7 Å². The maximum absolute atomic E-state index is 12.4. The Morgan fingerprint density at radius 2 is 2.04 bits per heavy atom. The molecule has 1 aromatic carbocycles. The quantitative estimate of drug-likeness (QED) is 0.696. The molecule has 0 spiro atoms. The predicted molar refractivity (Wildman–Crippen MR) is 103 cm³/mol. The van der Waals surface area contributed by atoms with Gasteiger partial charge in [0.25, 0.3) is 5.91 Å². The van der Waals surface area contributed by atoms with Crippen LogP contribution in [0.2, 0.25) is 0 Å².